The van der Waals surface area contributed by atoms with Gasteiger partial charge in [-0.3, -0.25) is 4.79 Å². The first-order valence-corrected chi connectivity index (χ1v) is 8.60. The topological polar surface area (TPSA) is 65.4 Å². The van der Waals surface area contributed by atoms with Gasteiger partial charge in [-0.2, -0.15) is 31.4 Å². The predicted molar refractivity (Wildman–Crippen MR) is 93.7 cm³/mol. The molecule has 12 heteroatoms. The number of carbonyl (C=O) groups is 1. The van der Waals surface area contributed by atoms with Crippen LogP contribution in [-0.2, 0) is 17.1 Å². The summed E-state index contributed by atoms with van der Waals surface area (Å²) in [6.45, 7) is 0. The number of amides is 1. The Balaban J connectivity index is 1.53. The summed E-state index contributed by atoms with van der Waals surface area (Å²) in [5.41, 5.74) is -3.37. The van der Waals surface area contributed by atoms with Crippen molar-refractivity contribution < 1.29 is 40.6 Å². The fourth-order valence-electron chi connectivity index (χ4n) is 2.81. The molecule has 0 aliphatic carbocycles. The molecule has 0 fully saturated rings. The van der Waals surface area contributed by atoms with Crippen molar-refractivity contribution in [2.45, 2.75) is 18.6 Å². The van der Waals surface area contributed by atoms with Gasteiger partial charge in [-0.1, -0.05) is 12.1 Å². The van der Waals surface area contributed by atoms with Crippen molar-refractivity contribution in [3.63, 3.8) is 0 Å². The summed E-state index contributed by atoms with van der Waals surface area (Å²) in [4.78, 5) is 12.3. The van der Waals surface area contributed by atoms with Gasteiger partial charge in [-0.25, -0.2) is 4.68 Å². The number of nitrogens with zero attached hydrogens (tertiary/aromatic N) is 2. The van der Waals surface area contributed by atoms with Crippen LogP contribution < -0.4 is 14.8 Å². The van der Waals surface area contributed by atoms with Crippen molar-refractivity contribution in [1.82, 2.24) is 9.78 Å². The molecule has 6 nitrogen and oxygen atoms in total. The molecule has 0 spiro atoms. The molecule has 3 aromatic rings. The van der Waals surface area contributed by atoms with Crippen LogP contribution in [-0.4, -0.2) is 22.0 Å². The normalized spacial score (nSPS) is 14.0. The number of anilines is 1. The van der Waals surface area contributed by atoms with Crippen LogP contribution in [0.2, 0.25) is 0 Å². The fourth-order valence-corrected chi connectivity index (χ4v) is 2.81. The number of nitrogens with one attached hydrogen (secondary N) is 1. The standard InChI is InChI=1S/C19H11F6N3O3/c20-18(21,22)14-9-15(19(23,24)25)28(27-14)11-7-5-10(6-8-11)26-16(29)17-30-12-3-1-2-4-13(12)31-17/h1-9,17H,(H,26,29). The van der Waals surface area contributed by atoms with E-state index in [0.717, 1.165) is 12.1 Å². The maximum atomic E-state index is 13.2. The molecule has 0 bridgehead atoms. The number of alkyl halides is 6. The SMILES string of the molecule is O=C(Nc1ccc(-n2nc(C(F)(F)F)cc2C(F)(F)F)cc1)C1Oc2ccccc2O1. The summed E-state index contributed by atoms with van der Waals surface area (Å²) < 4.78 is 88.8. The van der Waals surface area contributed by atoms with Crippen LogP contribution in [0.1, 0.15) is 11.4 Å². The molecular weight excluding hydrogens is 432 g/mol. The second-order valence-corrected chi connectivity index (χ2v) is 6.37. The van der Waals surface area contributed by atoms with Gasteiger partial charge < -0.3 is 14.8 Å². The predicted octanol–water partition coefficient (Wildman–Crippen LogP) is 4.65. The Morgan fingerprint density at radius 2 is 1.48 bits per heavy atom. The molecule has 0 unspecified atom stereocenters. The van der Waals surface area contributed by atoms with Gasteiger partial charge in [-0.15, -0.1) is 0 Å². The lowest BCUT2D eigenvalue weighted by Gasteiger charge is -2.12. The Morgan fingerprint density at radius 1 is 0.903 bits per heavy atom. The first-order valence-electron chi connectivity index (χ1n) is 8.60. The lowest BCUT2D eigenvalue weighted by Crippen LogP contribution is -2.34. The Kier molecular flexibility index (Phi) is 4.79. The van der Waals surface area contributed by atoms with Gasteiger partial charge in [-0.05, 0) is 36.4 Å². The molecule has 1 aliphatic heterocycles. The lowest BCUT2D eigenvalue weighted by molar-refractivity contribution is -0.143. The summed E-state index contributed by atoms with van der Waals surface area (Å²) in [5, 5.41) is 5.49. The molecule has 1 amide bonds. The summed E-state index contributed by atoms with van der Waals surface area (Å²) in [6.07, 6.45) is -11.4. The van der Waals surface area contributed by atoms with E-state index >= 15 is 0 Å². The fraction of sp³-hybridized carbons (Fsp3) is 0.158. The molecule has 4 rings (SSSR count). The van der Waals surface area contributed by atoms with Crippen LogP contribution in [0, 0.1) is 0 Å². The van der Waals surface area contributed by atoms with E-state index in [1.54, 1.807) is 24.3 Å². The van der Waals surface area contributed by atoms with E-state index in [4.69, 9.17) is 9.47 Å². The Labute approximate surface area is 170 Å². The average Bonchev–Trinajstić information content (AvgIpc) is 3.33. The minimum absolute atomic E-state index is 0.0673. The number of aromatic nitrogens is 2. The van der Waals surface area contributed by atoms with Crippen LogP contribution >= 0.6 is 0 Å². The van der Waals surface area contributed by atoms with E-state index in [2.05, 4.69) is 10.4 Å². The van der Waals surface area contributed by atoms with Crippen LogP contribution in [0.25, 0.3) is 5.69 Å². The van der Waals surface area contributed by atoms with Crippen molar-refractivity contribution >= 4 is 11.6 Å². The second-order valence-electron chi connectivity index (χ2n) is 6.37. The average molecular weight is 443 g/mol. The Morgan fingerprint density at radius 3 is 2.00 bits per heavy atom. The first kappa shape index (κ1) is 20.6. The highest BCUT2D eigenvalue weighted by Gasteiger charge is 2.42. The minimum atomic E-state index is -5.06. The van der Waals surface area contributed by atoms with Gasteiger partial charge in [0, 0.05) is 11.8 Å². The first-order chi connectivity index (χ1) is 14.5. The molecule has 0 saturated carbocycles. The summed E-state index contributed by atoms with van der Waals surface area (Å²) >= 11 is 0. The number of fused-ring (bicyclic) bond motifs is 1. The van der Waals surface area contributed by atoms with E-state index in [9.17, 15) is 31.1 Å². The molecule has 0 radical (unpaired) electrons. The summed E-state index contributed by atoms with van der Waals surface area (Å²) in [6, 6.07) is 11.1. The third kappa shape index (κ3) is 4.13. The number of benzene rings is 2. The minimum Gasteiger partial charge on any atom is -0.442 e. The highest BCUT2D eigenvalue weighted by Crippen LogP contribution is 2.37. The van der Waals surface area contributed by atoms with E-state index in [1.807, 2.05) is 0 Å². The quantitative estimate of drug-likeness (QED) is 0.599. The number of halogens is 6. The highest BCUT2D eigenvalue weighted by molar-refractivity contribution is 5.94. The molecule has 1 N–H and O–H groups in total. The molecule has 0 atom stereocenters. The van der Waals surface area contributed by atoms with Gasteiger partial charge in [0.25, 0.3) is 0 Å². The zero-order chi connectivity index (χ0) is 22.4. The van der Waals surface area contributed by atoms with Crippen LogP contribution in [0.4, 0.5) is 32.0 Å². The molecule has 31 heavy (non-hydrogen) atoms. The van der Waals surface area contributed by atoms with Crippen LogP contribution in [0.5, 0.6) is 11.5 Å². The van der Waals surface area contributed by atoms with Crippen molar-refractivity contribution in [3.8, 4) is 17.2 Å². The summed E-state index contributed by atoms with van der Waals surface area (Å²) in [5.74, 6) is 0.0621. The van der Waals surface area contributed by atoms with E-state index in [1.165, 1.54) is 12.1 Å². The number of para-hydroxylation sites is 2. The number of ether oxygens (including phenoxy) is 2. The molecule has 2 aromatic carbocycles. The van der Waals surface area contributed by atoms with Gasteiger partial charge in [0.15, 0.2) is 17.2 Å². The van der Waals surface area contributed by atoms with Gasteiger partial charge >= 0.3 is 24.5 Å². The van der Waals surface area contributed by atoms with Gasteiger partial charge in [0.05, 0.1) is 5.69 Å². The van der Waals surface area contributed by atoms with Crippen molar-refractivity contribution in [2.75, 3.05) is 5.32 Å². The van der Waals surface area contributed by atoms with Crippen molar-refractivity contribution in [3.05, 3.63) is 66.0 Å². The van der Waals surface area contributed by atoms with Gasteiger partial charge in [0.2, 0.25) is 0 Å². The number of hydrogen-bond donors (Lipinski definition) is 1. The largest absolute Gasteiger partial charge is 0.442 e. The lowest BCUT2D eigenvalue weighted by atomic mass is 10.2. The molecule has 1 aromatic heterocycles. The molecule has 0 saturated heterocycles. The third-order valence-corrected chi connectivity index (χ3v) is 4.20. The molecular formula is C19H11F6N3O3. The van der Waals surface area contributed by atoms with Crippen molar-refractivity contribution in [2.24, 2.45) is 0 Å². The number of hydrogen-bond acceptors (Lipinski definition) is 4. The van der Waals surface area contributed by atoms with E-state index in [-0.39, 0.29) is 22.1 Å². The molecule has 162 valence electrons. The maximum absolute atomic E-state index is 13.2. The van der Waals surface area contributed by atoms with E-state index in [0.29, 0.717) is 11.5 Å². The van der Waals surface area contributed by atoms with Crippen molar-refractivity contribution in [1.29, 1.82) is 0 Å². The zero-order valence-electron chi connectivity index (χ0n) is 15.2. The zero-order valence-corrected chi connectivity index (χ0v) is 15.2. The third-order valence-electron chi connectivity index (χ3n) is 4.20. The Bertz CT molecular complexity index is 1100. The number of carbonyl (C=O) groups excluding carboxylic acids is 1. The maximum Gasteiger partial charge on any atom is 0.435 e. The Hall–Kier alpha value is -3.70. The van der Waals surface area contributed by atoms with Crippen LogP contribution in [0.3, 0.4) is 0 Å². The molecule has 1 aliphatic rings. The van der Waals surface area contributed by atoms with E-state index < -0.39 is 35.9 Å². The van der Waals surface area contributed by atoms with Crippen LogP contribution in [0.15, 0.2) is 54.6 Å². The summed E-state index contributed by atoms with van der Waals surface area (Å²) in [7, 11) is 0. The molecule has 2 heterocycles. The van der Waals surface area contributed by atoms with Gasteiger partial charge in [0.1, 0.15) is 5.69 Å². The smallest absolute Gasteiger partial charge is 0.435 e. The highest BCUT2D eigenvalue weighted by atomic mass is 19.4. The monoisotopic (exact) mass is 443 g/mol. The second kappa shape index (κ2) is 7.22. The number of rotatable bonds is 3.